The van der Waals surface area contributed by atoms with Gasteiger partial charge in [-0.15, -0.1) is 6.58 Å². The van der Waals surface area contributed by atoms with Crippen LogP contribution in [0.4, 0.5) is 5.69 Å². The van der Waals surface area contributed by atoms with Gasteiger partial charge < -0.3 is 15.2 Å². The summed E-state index contributed by atoms with van der Waals surface area (Å²) in [5, 5.41) is 9.07. The van der Waals surface area contributed by atoms with Gasteiger partial charge in [-0.1, -0.05) is 6.08 Å². The highest BCUT2D eigenvalue weighted by Gasteiger charge is 2.20. The van der Waals surface area contributed by atoms with Crippen LogP contribution in [0.1, 0.15) is 18.0 Å². The maximum atomic E-state index is 9.07. The molecule has 0 bridgehead atoms. The number of aromatic nitrogens is 2. The van der Waals surface area contributed by atoms with E-state index in [1.54, 1.807) is 6.08 Å². The van der Waals surface area contributed by atoms with Crippen LogP contribution in [0.25, 0.3) is 0 Å². The molecule has 0 aliphatic carbocycles. The Morgan fingerprint density at radius 1 is 1.47 bits per heavy atom. The predicted octanol–water partition coefficient (Wildman–Crippen LogP) is 1.26. The SMILES string of the molecule is C=CCC(C#N)c1nc(OC)nc(OC)c1N. The molecule has 2 N–H and O–H groups in total. The summed E-state index contributed by atoms with van der Waals surface area (Å²) in [7, 11) is 2.88. The summed E-state index contributed by atoms with van der Waals surface area (Å²) in [4.78, 5) is 8.01. The van der Waals surface area contributed by atoms with Crippen molar-refractivity contribution in [3.05, 3.63) is 18.3 Å². The second-order valence-corrected chi connectivity index (χ2v) is 3.22. The van der Waals surface area contributed by atoms with Crippen LogP contribution in [-0.4, -0.2) is 24.2 Å². The Morgan fingerprint density at radius 3 is 2.65 bits per heavy atom. The fourth-order valence-corrected chi connectivity index (χ4v) is 1.35. The average molecular weight is 234 g/mol. The summed E-state index contributed by atoms with van der Waals surface area (Å²) in [6.07, 6.45) is 2.08. The second kappa shape index (κ2) is 5.70. The maximum Gasteiger partial charge on any atom is 0.319 e. The Balaban J connectivity index is 3.30. The van der Waals surface area contributed by atoms with Crippen LogP contribution < -0.4 is 15.2 Å². The van der Waals surface area contributed by atoms with E-state index in [4.69, 9.17) is 20.5 Å². The molecule has 0 amide bonds. The van der Waals surface area contributed by atoms with Crippen LogP contribution in [0, 0.1) is 11.3 Å². The number of nitrogens with two attached hydrogens (primary N) is 1. The van der Waals surface area contributed by atoms with Crippen LogP contribution in [0.3, 0.4) is 0 Å². The number of hydrogen-bond acceptors (Lipinski definition) is 6. The normalized spacial score (nSPS) is 11.4. The quantitative estimate of drug-likeness (QED) is 0.771. The van der Waals surface area contributed by atoms with E-state index in [0.29, 0.717) is 12.1 Å². The summed E-state index contributed by atoms with van der Waals surface area (Å²) in [5.41, 5.74) is 6.48. The standard InChI is InChI=1S/C11H14N4O2/c1-4-5-7(6-12)9-8(13)10(16-2)15-11(14-9)17-3/h4,7H,1,5,13H2,2-3H3. The zero-order valence-electron chi connectivity index (χ0n) is 9.80. The van der Waals surface area contributed by atoms with Crippen molar-refractivity contribution in [2.75, 3.05) is 20.0 Å². The number of nitrogen functional groups attached to an aromatic ring is 1. The monoisotopic (exact) mass is 234 g/mol. The third-order valence-corrected chi connectivity index (χ3v) is 2.18. The van der Waals surface area contributed by atoms with E-state index in [9.17, 15) is 0 Å². The maximum absolute atomic E-state index is 9.07. The van der Waals surface area contributed by atoms with Crippen LogP contribution in [-0.2, 0) is 0 Å². The molecule has 1 rings (SSSR count). The molecule has 6 nitrogen and oxygen atoms in total. The van der Waals surface area contributed by atoms with Crippen molar-refractivity contribution >= 4 is 5.69 Å². The first kappa shape index (κ1) is 12.8. The number of rotatable bonds is 5. The fourth-order valence-electron chi connectivity index (χ4n) is 1.35. The Kier molecular flexibility index (Phi) is 4.29. The Bertz CT molecular complexity index is 454. The van der Waals surface area contributed by atoms with E-state index in [2.05, 4.69) is 22.6 Å². The zero-order chi connectivity index (χ0) is 12.8. The van der Waals surface area contributed by atoms with E-state index in [1.807, 2.05) is 0 Å². The van der Waals surface area contributed by atoms with Gasteiger partial charge in [-0.25, -0.2) is 0 Å². The zero-order valence-corrected chi connectivity index (χ0v) is 9.80. The van der Waals surface area contributed by atoms with Crippen molar-refractivity contribution in [3.63, 3.8) is 0 Å². The van der Waals surface area contributed by atoms with E-state index in [-0.39, 0.29) is 17.6 Å². The van der Waals surface area contributed by atoms with E-state index >= 15 is 0 Å². The van der Waals surface area contributed by atoms with Gasteiger partial charge in [0.2, 0.25) is 5.88 Å². The third-order valence-electron chi connectivity index (χ3n) is 2.18. The number of methoxy groups -OCH3 is 2. The van der Waals surface area contributed by atoms with Crippen LogP contribution in [0.2, 0.25) is 0 Å². The molecule has 1 heterocycles. The number of ether oxygens (including phenoxy) is 2. The third kappa shape index (κ3) is 2.64. The topological polar surface area (TPSA) is 94.0 Å². The summed E-state index contributed by atoms with van der Waals surface area (Å²) in [6.45, 7) is 3.59. The van der Waals surface area contributed by atoms with Crippen LogP contribution >= 0.6 is 0 Å². The Labute approximate surface area is 99.7 Å². The highest BCUT2D eigenvalue weighted by molar-refractivity contribution is 5.55. The summed E-state index contributed by atoms with van der Waals surface area (Å²) < 4.78 is 9.94. The van der Waals surface area contributed by atoms with Gasteiger partial charge in [-0.3, -0.25) is 0 Å². The molecule has 0 saturated heterocycles. The van der Waals surface area contributed by atoms with Gasteiger partial charge in [-0.2, -0.15) is 15.2 Å². The lowest BCUT2D eigenvalue weighted by Gasteiger charge is -2.12. The molecule has 0 radical (unpaired) electrons. The molecule has 90 valence electrons. The molecule has 17 heavy (non-hydrogen) atoms. The first-order valence-electron chi connectivity index (χ1n) is 4.93. The highest BCUT2D eigenvalue weighted by atomic mass is 16.5. The predicted molar refractivity (Wildman–Crippen MR) is 62.7 cm³/mol. The van der Waals surface area contributed by atoms with Crippen molar-refractivity contribution < 1.29 is 9.47 Å². The largest absolute Gasteiger partial charge is 0.479 e. The van der Waals surface area contributed by atoms with Gasteiger partial charge in [0, 0.05) is 0 Å². The second-order valence-electron chi connectivity index (χ2n) is 3.22. The van der Waals surface area contributed by atoms with Crippen molar-refractivity contribution in [1.82, 2.24) is 9.97 Å². The summed E-state index contributed by atoms with van der Waals surface area (Å²) in [5.74, 6) is -0.283. The van der Waals surface area contributed by atoms with Crippen molar-refractivity contribution in [3.8, 4) is 18.0 Å². The first-order chi connectivity index (χ1) is 8.17. The molecule has 0 saturated carbocycles. The van der Waals surface area contributed by atoms with Gasteiger partial charge in [-0.05, 0) is 6.42 Å². The molecular formula is C11H14N4O2. The fraction of sp³-hybridized carbons (Fsp3) is 0.364. The lowest BCUT2D eigenvalue weighted by Crippen LogP contribution is -2.09. The minimum absolute atomic E-state index is 0.121. The minimum atomic E-state index is -0.488. The first-order valence-corrected chi connectivity index (χ1v) is 4.93. The number of allylic oxidation sites excluding steroid dienone is 1. The van der Waals surface area contributed by atoms with Crippen LogP contribution in [0.15, 0.2) is 12.7 Å². The lowest BCUT2D eigenvalue weighted by atomic mass is 10.0. The number of hydrogen-bond donors (Lipinski definition) is 1. The van der Waals surface area contributed by atoms with Gasteiger partial charge in [0.05, 0.1) is 31.9 Å². The number of nitriles is 1. The molecule has 1 aromatic heterocycles. The van der Waals surface area contributed by atoms with Crippen molar-refractivity contribution in [2.45, 2.75) is 12.3 Å². The van der Waals surface area contributed by atoms with Crippen molar-refractivity contribution in [1.29, 1.82) is 5.26 Å². The average Bonchev–Trinajstić information content (AvgIpc) is 2.36. The Hall–Kier alpha value is -2.29. The van der Waals surface area contributed by atoms with Gasteiger partial charge in [0.15, 0.2) is 0 Å². The van der Waals surface area contributed by atoms with E-state index in [0.717, 1.165) is 0 Å². The molecule has 0 fully saturated rings. The molecule has 1 unspecified atom stereocenters. The van der Waals surface area contributed by atoms with Gasteiger partial charge in [0.25, 0.3) is 0 Å². The molecular weight excluding hydrogens is 220 g/mol. The molecule has 0 aliphatic heterocycles. The van der Waals surface area contributed by atoms with Crippen LogP contribution in [0.5, 0.6) is 11.9 Å². The number of nitrogens with zero attached hydrogens (tertiary/aromatic N) is 3. The highest BCUT2D eigenvalue weighted by Crippen LogP contribution is 2.30. The van der Waals surface area contributed by atoms with E-state index in [1.165, 1.54) is 14.2 Å². The molecule has 0 aliphatic rings. The minimum Gasteiger partial charge on any atom is -0.479 e. The molecule has 1 aromatic rings. The molecule has 6 heteroatoms. The molecule has 1 atom stereocenters. The number of anilines is 1. The van der Waals surface area contributed by atoms with Gasteiger partial charge >= 0.3 is 6.01 Å². The van der Waals surface area contributed by atoms with Gasteiger partial charge in [0.1, 0.15) is 5.69 Å². The summed E-state index contributed by atoms with van der Waals surface area (Å²) >= 11 is 0. The summed E-state index contributed by atoms with van der Waals surface area (Å²) in [6, 6.07) is 2.23. The Morgan fingerprint density at radius 2 is 2.18 bits per heavy atom. The van der Waals surface area contributed by atoms with E-state index < -0.39 is 5.92 Å². The lowest BCUT2D eigenvalue weighted by molar-refractivity contribution is 0.351. The molecule has 0 aromatic carbocycles. The van der Waals surface area contributed by atoms with Crippen molar-refractivity contribution in [2.24, 2.45) is 0 Å². The smallest absolute Gasteiger partial charge is 0.319 e. The molecule has 0 spiro atoms.